The number of hydrogen-bond donors (Lipinski definition) is 1. The predicted octanol–water partition coefficient (Wildman–Crippen LogP) is 6.25. The Bertz CT molecular complexity index is 1470. The van der Waals surface area contributed by atoms with Crippen LogP contribution in [-0.4, -0.2) is 57.1 Å². The molecule has 0 spiro atoms. The molecule has 0 radical (unpaired) electrons. The zero-order chi connectivity index (χ0) is 30.9. The van der Waals surface area contributed by atoms with Crippen molar-refractivity contribution in [3.8, 4) is 5.75 Å². The maximum absolute atomic E-state index is 14.1. The van der Waals surface area contributed by atoms with Crippen molar-refractivity contribution in [2.24, 2.45) is 0 Å². The molecule has 0 aliphatic heterocycles. The van der Waals surface area contributed by atoms with E-state index in [4.69, 9.17) is 27.9 Å². The molecule has 0 saturated heterocycles. The molecule has 0 aliphatic rings. The van der Waals surface area contributed by atoms with Crippen LogP contribution in [0.2, 0.25) is 10.0 Å². The van der Waals surface area contributed by atoms with Crippen molar-refractivity contribution in [1.29, 1.82) is 0 Å². The van der Waals surface area contributed by atoms with Crippen molar-refractivity contribution in [2.75, 3.05) is 30.3 Å². The second-order valence-corrected chi connectivity index (χ2v) is 12.8. The number of amides is 2. The summed E-state index contributed by atoms with van der Waals surface area (Å²) in [5.74, 6) is -0.327. The van der Waals surface area contributed by atoms with Gasteiger partial charge in [0.15, 0.2) is 0 Å². The van der Waals surface area contributed by atoms with Gasteiger partial charge in [0.25, 0.3) is 10.0 Å². The Kier molecular flexibility index (Phi) is 12.4. The van der Waals surface area contributed by atoms with Gasteiger partial charge in [0.2, 0.25) is 11.8 Å². The van der Waals surface area contributed by atoms with Gasteiger partial charge in [-0.2, -0.15) is 0 Å². The van der Waals surface area contributed by atoms with E-state index in [9.17, 15) is 18.0 Å². The number of carbonyl (C=O) groups is 2. The minimum absolute atomic E-state index is 0.0188. The van der Waals surface area contributed by atoms with Gasteiger partial charge in [-0.25, -0.2) is 8.42 Å². The molecule has 0 aromatic heterocycles. The quantitative estimate of drug-likeness (QED) is 0.207. The third-order valence-electron chi connectivity index (χ3n) is 6.44. The minimum atomic E-state index is -4.18. The highest BCUT2D eigenvalue weighted by atomic mass is 35.5. The SMILES string of the molecule is CCNC(=O)[C@@H](CC)N(Cc1ccc(Cl)c(Cl)c1)C(=O)CN(c1ccc(OCC)cc1)S(=O)(=O)c1ccc(SC)cc1. The number of nitrogens with zero attached hydrogens (tertiary/aromatic N) is 2. The van der Waals surface area contributed by atoms with E-state index in [0.29, 0.717) is 40.9 Å². The van der Waals surface area contributed by atoms with E-state index >= 15 is 0 Å². The zero-order valence-electron chi connectivity index (χ0n) is 24.0. The van der Waals surface area contributed by atoms with Crippen LogP contribution in [0.3, 0.4) is 0 Å². The topological polar surface area (TPSA) is 96.0 Å². The van der Waals surface area contributed by atoms with Crippen LogP contribution in [0.4, 0.5) is 5.69 Å². The van der Waals surface area contributed by atoms with Gasteiger partial charge in [0.1, 0.15) is 18.3 Å². The molecule has 0 fully saturated rings. The largest absolute Gasteiger partial charge is 0.494 e. The molecule has 3 rings (SSSR count). The first-order valence-corrected chi connectivity index (χ1v) is 16.9. The fourth-order valence-electron chi connectivity index (χ4n) is 4.33. The van der Waals surface area contributed by atoms with Gasteiger partial charge < -0.3 is 15.0 Å². The summed E-state index contributed by atoms with van der Waals surface area (Å²) in [6.45, 7) is 5.74. The Hall–Kier alpha value is -2.92. The second kappa shape index (κ2) is 15.5. The van der Waals surface area contributed by atoms with Gasteiger partial charge in [0.05, 0.1) is 27.2 Å². The Morgan fingerprint density at radius 2 is 1.62 bits per heavy atom. The molecule has 8 nitrogen and oxygen atoms in total. The number of hydrogen-bond acceptors (Lipinski definition) is 6. The van der Waals surface area contributed by atoms with Gasteiger partial charge in [-0.1, -0.05) is 36.2 Å². The molecule has 12 heteroatoms. The molecule has 0 unspecified atom stereocenters. The summed E-state index contributed by atoms with van der Waals surface area (Å²) in [5, 5.41) is 3.44. The van der Waals surface area contributed by atoms with Crippen molar-refractivity contribution in [1.82, 2.24) is 10.2 Å². The van der Waals surface area contributed by atoms with Gasteiger partial charge in [0, 0.05) is 18.0 Å². The number of ether oxygens (including phenoxy) is 1. The number of benzene rings is 3. The number of carbonyl (C=O) groups excluding carboxylic acids is 2. The van der Waals surface area contributed by atoms with Gasteiger partial charge in [-0.3, -0.25) is 13.9 Å². The lowest BCUT2D eigenvalue weighted by molar-refractivity contribution is -0.140. The summed E-state index contributed by atoms with van der Waals surface area (Å²) < 4.78 is 34.6. The van der Waals surface area contributed by atoms with Crippen molar-refractivity contribution in [3.63, 3.8) is 0 Å². The van der Waals surface area contributed by atoms with E-state index in [2.05, 4.69) is 5.32 Å². The second-order valence-electron chi connectivity index (χ2n) is 9.20. The molecular formula is C30H35Cl2N3O5S2. The average Bonchev–Trinajstić information content (AvgIpc) is 2.98. The molecular weight excluding hydrogens is 617 g/mol. The van der Waals surface area contributed by atoms with Gasteiger partial charge >= 0.3 is 0 Å². The molecule has 0 saturated carbocycles. The Morgan fingerprint density at radius 1 is 0.952 bits per heavy atom. The standard InChI is InChI=1S/C30H35Cl2N3O5S2/c1-5-28(30(37)33-6-2)34(19-21-8-17-26(31)27(32)18-21)29(36)20-35(22-9-11-23(12-10-22)40-7-3)42(38,39)25-15-13-24(41-4)14-16-25/h8-18,28H,5-7,19-20H2,1-4H3,(H,33,37)/t28-/m1/s1. The Labute approximate surface area is 262 Å². The summed E-state index contributed by atoms with van der Waals surface area (Å²) in [5.41, 5.74) is 0.921. The summed E-state index contributed by atoms with van der Waals surface area (Å²) in [4.78, 5) is 29.5. The molecule has 2 amide bonds. The lowest BCUT2D eigenvalue weighted by Crippen LogP contribution is -2.52. The first-order chi connectivity index (χ1) is 20.0. The van der Waals surface area contributed by atoms with Gasteiger partial charge in [-0.05, 0) is 92.8 Å². The average molecular weight is 653 g/mol. The van der Waals surface area contributed by atoms with E-state index < -0.39 is 28.5 Å². The van der Waals surface area contributed by atoms with Gasteiger partial charge in [-0.15, -0.1) is 11.8 Å². The van der Waals surface area contributed by atoms with Crippen LogP contribution in [0.1, 0.15) is 32.8 Å². The first-order valence-electron chi connectivity index (χ1n) is 13.5. The predicted molar refractivity (Wildman–Crippen MR) is 170 cm³/mol. The van der Waals surface area contributed by atoms with Crippen LogP contribution in [0.15, 0.2) is 76.5 Å². The van der Waals surface area contributed by atoms with E-state index in [-0.39, 0.29) is 23.0 Å². The van der Waals surface area contributed by atoms with E-state index in [0.717, 1.165) is 9.20 Å². The highest BCUT2D eigenvalue weighted by Crippen LogP contribution is 2.29. The van der Waals surface area contributed by atoms with Crippen LogP contribution in [0.5, 0.6) is 5.75 Å². The van der Waals surface area contributed by atoms with Crippen LogP contribution in [-0.2, 0) is 26.2 Å². The number of halogens is 2. The highest BCUT2D eigenvalue weighted by Gasteiger charge is 2.33. The number of anilines is 1. The third kappa shape index (κ3) is 8.34. The molecule has 3 aromatic rings. The van der Waals surface area contributed by atoms with E-state index in [1.165, 1.54) is 28.8 Å². The lowest BCUT2D eigenvalue weighted by atomic mass is 10.1. The van der Waals surface area contributed by atoms with E-state index in [1.807, 2.05) is 13.2 Å². The van der Waals surface area contributed by atoms with Crippen molar-refractivity contribution < 1.29 is 22.7 Å². The van der Waals surface area contributed by atoms with Crippen molar-refractivity contribution >= 4 is 62.5 Å². The molecule has 1 N–H and O–H groups in total. The number of nitrogens with one attached hydrogen (secondary N) is 1. The van der Waals surface area contributed by atoms with Crippen LogP contribution < -0.4 is 14.4 Å². The van der Waals surface area contributed by atoms with Crippen LogP contribution >= 0.6 is 35.0 Å². The summed E-state index contributed by atoms with van der Waals surface area (Å²) in [7, 11) is -4.18. The number of rotatable bonds is 14. The first kappa shape index (κ1) is 33.6. The lowest BCUT2D eigenvalue weighted by Gasteiger charge is -2.33. The molecule has 226 valence electrons. The van der Waals surface area contributed by atoms with Crippen molar-refractivity contribution in [3.05, 3.63) is 82.3 Å². The van der Waals surface area contributed by atoms with E-state index in [1.54, 1.807) is 68.4 Å². The fourth-order valence-corrected chi connectivity index (χ4v) is 6.47. The van der Waals surface area contributed by atoms with Crippen LogP contribution in [0, 0.1) is 0 Å². The Balaban J connectivity index is 2.07. The zero-order valence-corrected chi connectivity index (χ0v) is 27.1. The molecule has 0 heterocycles. The molecule has 0 aliphatic carbocycles. The molecule has 3 aromatic carbocycles. The summed E-state index contributed by atoms with van der Waals surface area (Å²) in [6, 6.07) is 17.1. The summed E-state index contributed by atoms with van der Waals surface area (Å²) >= 11 is 13.8. The molecule has 1 atom stereocenters. The minimum Gasteiger partial charge on any atom is -0.494 e. The maximum Gasteiger partial charge on any atom is 0.264 e. The Morgan fingerprint density at radius 3 is 2.17 bits per heavy atom. The van der Waals surface area contributed by atoms with Crippen LogP contribution in [0.25, 0.3) is 0 Å². The monoisotopic (exact) mass is 651 g/mol. The number of thioether (sulfide) groups is 1. The number of sulfonamides is 1. The molecule has 42 heavy (non-hydrogen) atoms. The summed E-state index contributed by atoms with van der Waals surface area (Å²) in [6.07, 6.45) is 2.21. The highest BCUT2D eigenvalue weighted by molar-refractivity contribution is 7.98. The smallest absolute Gasteiger partial charge is 0.264 e. The third-order valence-corrected chi connectivity index (χ3v) is 9.71. The molecule has 0 bridgehead atoms. The number of likely N-dealkylation sites (N-methyl/N-ethyl adjacent to an activating group) is 1. The van der Waals surface area contributed by atoms with Crippen molar-refractivity contribution in [2.45, 2.75) is 49.6 Å². The normalized spacial score (nSPS) is 12.0. The maximum atomic E-state index is 14.1. The fraction of sp³-hybridized carbons (Fsp3) is 0.333.